The van der Waals surface area contributed by atoms with E-state index in [1.165, 1.54) is 5.01 Å². The Morgan fingerprint density at radius 2 is 2.23 bits per heavy atom. The van der Waals surface area contributed by atoms with Crippen molar-refractivity contribution in [1.82, 2.24) is 10.3 Å². The fraction of sp³-hybridized carbons (Fsp3) is 0.750. The quantitative estimate of drug-likeness (QED) is 0.327. The molecule has 0 aromatic heterocycles. The van der Waals surface area contributed by atoms with Crippen molar-refractivity contribution in [3.8, 4) is 0 Å². The fourth-order valence-electron chi connectivity index (χ4n) is 1.52. The van der Waals surface area contributed by atoms with Crippen LogP contribution < -0.4 is 11.2 Å². The van der Waals surface area contributed by atoms with E-state index in [1.54, 1.807) is 0 Å². The maximum atomic E-state index is 11.6. The Bertz CT molecular complexity index is 250. The standard InChI is InChI=1S/C8H13N3O2/c9-11(6-1-2-6)8(13)5-3-7(12)10-4-5/h5-6H,1-4,9H2,(H,10,12). The Kier molecular flexibility index (Phi) is 1.95. The molecule has 1 unspecified atom stereocenters. The number of nitrogens with two attached hydrogens (primary N) is 1. The molecular weight excluding hydrogens is 170 g/mol. The van der Waals surface area contributed by atoms with E-state index in [2.05, 4.69) is 5.32 Å². The molecule has 0 radical (unpaired) electrons. The minimum absolute atomic E-state index is 0.0532. The molecule has 72 valence electrons. The Morgan fingerprint density at radius 1 is 1.54 bits per heavy atom. The van der Waals surface area contributed by atoms with Crippen LogP contribution in [0.25, 0.3) is 0 Å². The maximum Gasteiger partial charge on any atom is 0.242 e. The zero-order valence-corrected chi connectivity index (χ0v) is 7.32. The Hall–Kier alpha value is -1.10. The van der Waals surface area contributed by atoms with E-state index in [4.69, 9.17) is 5.84 Å². The second-order valence-electron chi connectivity index (χ2n) is 3.68. The lowest BCUT2D eigenvalue weighted by molar-refractivity contribution is -0.136. The van der Waals surface area contributed by atoms with Crippen molar-refractivity contribution in [2.24, 2.45) is 11.8 Å². The number of amides is 2. The topological polar surface area (TPSA) is 75.4 Å². The molecule has 2 fully saturated rings. The first-order valence-corrected chi connectivity index (χ1v) is 4.53. The van der Waals surface area contributed by atoms with Gasteiger partial charge in [-0.3, -0.25) is 14.6 Å². The Balaban J connectivity index is 1.92. The third-order valence-corrected chi connectivity index (χ3v) is 2.52. The summed E-state index contributed by atoms with van der Waals surface area (Å²) in [6.45, 7) is 0.443. The van der Waals surface area contributed by atoms with E-state index in [9.17, 15) is 9.59 Å². The first-order chi connectivity index (χ1) is 6.18. The molecule has 2 amide bonds. The molecule has 0 aromatic rings. The molecule has 2 rings (SSSR count). The average Bonchev–Trinajstić information content (AvgIpc) is 2.87. The van der Waals surface area contributed by atoms with Gasteiger partial charge in [0.05, 0.1) is 5.92 Å². The molecule has 5 nitrogen and oxygen atoms in total. The van der Waals surface area contributed by atoms with Gasteiger partial charge < -0.3 is 5.32 Å². The van der Waals surface area contributed by atoms with Crippen molar-refractivity contribution >= 4 is 11.8 Å². The second-order valence-corrected chi connectivity index (χ2v) is 3.68. The smallest absolute Gasteiger partial charge is 0.242 e. The van der Waals surface area contributed by atoms with Crippen LogP contribution in [-0.2, 0) is 9.59 Å². The molecule has 0 aromatic carbocycles. The average molecular weight is 183 g/mol. The minimum atomic E-state index is -0.238. The molecule has 13 heavy (non-hydrogen) atoms. The molecule has 3 N–H and O–H groups in total. The zero-order chi connectivity index (χ0) is 9.42. The van der Waals surface area contributed by atoms with Gasteiger partial charge in [-0.25, -0.2) is 5.84 Å². The highest BCUT2D eigenvalue weighted by molar-refractivity contribution is 5.89. The predicted octanol–water partition coefficient (Wildman–Crippen LogP) is -1.01. The fourth-order valence-corrected chi connectivity index (χ4v) is 1.52. The lowest BCUT2D eigenvalue weighted by Crippen LogP contribution is -2.43. The van der Waals surface area contributed by atoms with Crippen molar-refractivity contribution < 1.29 is 9.59 Å². The van der Waals surface area contributed by atoms with Gasteiger partial charge in [-0.05, 0) is 12.8 Å². The van der Waals surface area contributed by atoms with Crippen molar-refractivity contribution in [2.45, 2.75) is 25.3 Å². The van der Waals surface area contributed by atoms with Gasteiger partial charge in [-0.2, -0.15) is 0 Å². The Morgan fingerprint density at radius 3 is 2.69 bits per heavy atom. The number of carbonyl (C=O) groups is 2. The number of nitrogens with zero attached hydrogens (tertiary/aromatic N) is 1. The molecule has 5 heteroatoms. The van der Waals surface area contributed by atoms with E-state index in [1.807, 2.05) is 0 Å². The number of hydrogen-bond donors (Lipinski definition) is 2. The number of hydrogen-bond acceptors (Lipinski definition) is 3. The van der Waals surface area contributed by atoms with E-state index >= 15 is 0 Å². The number of nitrogens with one attached hydrogen (secondary N) is 1. The van der Waals surface area contributed by atoms with Gasteiger partial charge in [0.25, 0.3) is 0 Å². The van der Waals surface area contributed by atoms with Crippen LogP contribution >= 0.6 is 0 Å². The van der Waals surface area contributed by atoms with E-state index in [-0.39, 0.29) is 23.8 Å². The van der Waals surface area contributed by atoms with Crippen LogP contribution in [0, 0.1) is 5.92 Å². The van der Waals surface area contributed by atoms with Gasteiger partial charge in [-0.15, -0.1) is 0 Å². The van der Waals surface area contributed by atoms with Gasteiger partial charge in [-0.1, -0.05) is 0 Å². The summed E-state index contributed by atoms with van der Waals surface area (Å²) >= 11 is 0. The van der Waals surface area contributed by atoms with Crippen LogP contribution in [0.2, 0.25) is 0 Å². The van der Waals surface area contributed by atoms with Crippen molar-refractivity contribution in [3.05, 3.63) is 0 Å². The summed E-state index contributed by atoms with van der Waals surface area (Å²) in [7, 11) is 0. The van der Waals surface area contributed by atoms with Gasteiger partial charge in [0.2, 0.25) is 11.8 Å². The third-order valence-electron chi connectivity index (χ3n) is 2.52. The first kappa shape index (κ1) is 8.50. The first-order valence-electron chi connectivity index (χ1n) is 4.53. The van der Waals surface area contributed by atoms with Crippen molar-refractivity contribution in [2.75, 3.05) is 6.54 Å². The predicted molar refractivity (Wildman–Crippen MR) is 45.2 cm³/mol. The largest absolute Gasteiger partial charge is 0.355 e. The molecule has 1 saturated carbocycles. The van der Waals surface area contributed by atoms with Gasteiger partial charge >= 0.3 is 0 Å². The van der Waals surface area contributed by atoms with Gasteiger partial charge in [0, 0.05) is 19.0 Å². The number of rotatable bonds is 2. The number of hydrazine groups is 1. The van der Waals surface area contributed by atoms with Crippen LogP contribution in [0.1, 0.15) is 19.3 Å². The summed E-state index contributed by atoms with van der Waals surface area (Å²) < 4.78 is 0. The summed E-state index contributed by atoms with van der Waals surface area (Å²) in [6.07, 6.45) is 2.28. The summed E-state index contributed by atoms with van der Waals surface area (Å²) in [4.78, 5) is 22.4. The van der Waals surface area contributed by atoms with Gasteiger partial charge in [0.1, 0.15) is 0 Å². The third kappa shape index (κ3) is 1.65. The van der Waals surface area contributed by atoms with Crippen LogP contribution in [0.4, 0.5) is 0 Å². The molecule has 1 atom stereocenters. The van der Waals surface area contributed by atoms with Crippen molar-refractivity contribution in [3.63, 3.8) is 0 Å². The van der Waals surface area contributed by atoms with Gasteiger partial charge in [0.15, 0.2) is 0 Å². The maximum absolute atomic E-state index is 11.6. The van der Waals surface area contributed by atoms with Crippen LogP contribution in [0.5, 0.6) is 0 Å². The van der Waals surface area contributed by atoms with Crippen LogP contribution in [-0.4, -0.2) is 29.4 Å². The van der Waals surface area contributed by atoms with E-state index in [0.717, 1.165) is 12.8 Å². The minimum Gasteiger partial charge on any atom is -0.355 e. The molecule has 0 bridgehead atoms. The molecule has 1 heterocycles. The SMILES string of the molecule is NN(C(=O)C1CNC(=O)C1)C1CC1. The lowest BCUT2D eigenvalue weighted by Gasteiger charge is -2.18. The van der Waals surface area contributed by atoms with Crippen LogP contribution in [0.3, 0.4) is 0 Å². The molecule has 1 saturated heterocycles. The van der Waals surface area contributed by atoms with E-state index in [0.29, 0.717) is 13.0 Å². The highest BCUT2D eigenvalue weighted by atomic mass is 16.2. The second kappa shape index (κ2) is 2.99. The van der Waals surface area contributed by atoms with E-state index < -0.39 is 0 Å². The summed E-state index contributed by atoms with van der Waals surface area (Å²) in [6, 6.07) is 0.225. The Labute approximate surface area is 76.2 Å². The normalized spacial score (nSPS) is 27.2. The highest BCUT2D eigenvalue weighted by Gasteiger charge is 2.36. The zero-order valence-electron chi connectivity index (χ0n) is 7.32. The molecular formula is C8H13N3O2. The van der Waals surface area contributed by atoms with Crippen LogP contribution in [0.15, 0.2) is 0 Å². The highest BCUT2D eigenvalue weighted by Crippen LogP contribution is 2.26. The molecule has 1 aliphatic carbocycles. The molecule has 0 spiro atoms. The summed E-state index contributed by atoms with van der Waals surface area (Å²) in [5.41, 5.74) is 0. The monoisotopic (exact) mass is 183 g/mol. The van der Waals surface area contributed by atoms with Crippen molar-refractivity contribution in [1.29, 1.82) is 0 Å². The molecule has 2 aliphatic rings. The summed E-state index contributed by atoms with van der Waals surface area (Å²) in [5, 5.41) is 3.92. The lowest BCUT2D eigenvalue weighted by atomic mass is 10.1. The number of carbonyl (C=O) groups excluding carboxylic acids is 2. The summed E-state index contributed by atoms with van der Waals surface area (Å²) in [5.74, 6) is 5.20. The molecule has 1 aliphatic heterocycles.